The van der Waals surface area contributed by atoms with Crippen molar-refractivity contribution in [1.29, 1.82) is 0 Å². The van der Waals surface area contributed by atoms with Gasteiger partial charge in [-0.25, -0.2) is 0 Å². The van der Waals surface area contributed by atoms with Crippen molar-refractivity contribution >= 4 is 11.8 Å². The van der Waals surface area contributed by atoms with Crippen LogP contribution in [0.3, 0.4) is 0 Å². The van der Waals surface area contributed by atoms with E-state index in [9.17, 15) is 9.59 Å². The predicted molar refractivity (Wildman–Crippen MR) is 140 cm³/mol. The standard InChI is InChI=1S/C28H50N4O4/c1-20(2)14-24-26(33)32(13-9-29-24)25(15-21(3)4)27(34)31-12-8-28(16-22(31)5)35-18-23(19-36-28)17-30-10-6-7-11-30/h20-25,29H,6-19H2,1-5H3/t22-,23?,24-,25-,28?/m0/s1. The van der Waals surface area contributed by atoms with E-state index in [1.54, 1.807) is 0 Å². The summed E-state index contributed by atoms with van der Waals surface area (Å²) in [7, 11) is 0. The third kappa shape index (κ3) is 6.61. The van der Waals surface area contributed by atoms with Gasteiger partial charge in [-0.1, -0.05) is 27.7 Å². The lowest BCUT2D eigenvalue weighted by Crippen LogP contribution is -2.64. The number of carbonyl (C=O) groups is 2. The zero-order valence-electron chi connectivity index (χ0n) is 23.3. The fourth-order valence-electron chi connectivity index (χ4n) is 6.55. The Kier molecular flexibility index (Phi) is 9.34. The van der Waals surface area contributed by atoms with E-state index < -0.39 is 11.8 Å². The van der Waals surface area contributed by atoms with Gasteiger partial charge in [-0.3, -0.25) is 9.59 Å². The summed E-state index contributed by atoms with van der Waals surface area (Å²) in [4.78, 5) is 33.8. The summed E-state index contributed by atoms with van der Waals surface area (Å²) in [6.07, 6.45) is 5.48. The van der Waals surface area contributed by atoms with Crippen molar-refractivity contribution < 1.29 is 19.1 Å². The third-order valence-electron chi connectivity index (χ3n) is 8.42. The molecule has 1 spiro atoms. The molecule has 8 nitrogen and oxygen atoms in total. The molecule has 206 valence electrons. The van der Waals surface area contributed by atoms with Gasteiger partial charge < -0.3 is 29.5 Å². The van der Waals surface area contributed by atoms with E-state index in [4.69, 9.17) is 9.47 Å². The lowest BCUT2D eigenvalue weighted by molar-refractivity contribution is -0.303. The topological polar surface area (TPSA) is 74.3 Å². The van der Waals surface area contributed by atoms with Gasteiger partial charge in [0.05, 0.1) is 19.3 Å². The van der Waals surface area contributed by atoms with Gasteiger partial charge in [-0.15, -0.1) is 0 Å². The average Bonchev–Trinajstić information content (AvgIpc) is 3.33. The molecule has 0 aromatic heterocycles. The van der Waals surface area contributed by atoms with E-state index in [1.165, 1.54) is 25.9 Å². The van der Waals surface area contributed by atoms with Crippen LogP contribution >= 0.6 is 0 Å². The average molecular weight is 507 g/mol. The van der Waals surface area contributed by atoms with Crippen LogP contribution in [0.2, 0.25) is 0 Å². The normalized spacial score (nSPS) is 33.2. The minimum atomic E-state index is -0.571. The zero-order valence-corrected chi connectivity index (χ0v) is 23.3. The van der Waals surface area contributed by atoms with Crippen LogP contribution in [0, 0.1) is 17.8 Å². The first kappa shape index (κ1) is 27.8. The van der Waals surface area contributed by atoms with Gasteiger partial charge in [-0.05, 0) is 57.5 Å². The van der Waals surface area contributed by atoms with Crippen molar-refractivity contribution in [3.05, 3.63) is 0 Å². The monoisotopic (exact) mass is 506 g/mol. The maximum absolute atomic E-state index is 14.0. The molecule has 8 heteroatoms. The molecule has 36 heavy (non-hydrogen) atoms. The van der Waals surface area contributed by atoms with Crippen molar-refractivity contribution in [2.24, 2.45) is 17.8 Å². The molecule has 0 saturated carbocycles. The van der Waals surface area contributed by atoms with Crippen molar-refractivity contribution in [2.75, 3.05) is 52.5 Å². The zero-order chi connectivity index (χ0) is 25.9. The van der Waals surface area contributed by atoms with E-state index in [0.29, 0.717) is 50.1 Å². The highest BCUT2D eigenvalue weighted by atomic mass is 16.7. The van der Waals surface area contributed by atoms with Crippen LogP contribution in [0.25, 0.3) is 0 Å². The minimum absolute atomic E-state index is 0.0144. The van der Waals surface area contributed by atoms with E-state index in [2.05, 4.69) is 44.8 Å². The Labute approximate surface area is 218 Å². The first-order valence-corrected chi connectivity index (χ1v) is 14.5. The largest absolute Gasteiger partial charge is 0.349 e. The van der Waals surface area contributed by atoms with Gasteiger partial charge in [0.25, 0.3) is 0 Å². The summed E-state index contributed by atoms with van der Waals surface area (Å²) >= 11 is 0. The molecule has 1 N–H and O–H groups in total. The number of piperidine rings is 1. The summed E-state index contributed by atoms with van der Waals surface area (Å²) < 4.78 is 12.8. The number of likely N-dealkylation sites (tertiary alicyclic amines) is 2. The lowest BCUT2D eigenvalue weighted by atomic mass is 9.92. The molecule has 4 fully saturated rings. The van der Waals surface area contributed by atoms with Crippen molar-refractivity contribution in [3.63, 3.8) is 0 Å². The van der Waals surface area contributed by atoms with Crippen LogP contribution in [0.1, 0.15) is 73.1 Å². The van der Waals surface area contributed by atoms with E-state index in [-0.39, 0.29) is 23.9 Å². The molecule has 2 amide bonds. The molecule has 0 bridgehead atoms. The molecule has 0 unspecified atom stereocenters. The molecule has 0 radical (unpaired) electrons. The Bertz CT molecular complexity index is 746. The summed E-state index contributed by atoms with van der Waals surface area (Å²) in [5.74, 6) is 0.781. The van der Waals surface area contributed by atoms with Gasteiger partial charge >= 0.3 is 0 Å². The number of nitrogens with zero attached hydrogens (tertiary/aromatic N) is 3. The third-order valence-corrected chi connectivity index (χ3v) is 8.42. The molecule has 0 aliphatic carbocycles. The number of hydrogen-bond acceptors (Lipinski definition) is 6. The number of rotatable bonds is 8. The quantitative estimate of drug-likeness (QED) is 0.546. The lowest BCUT2D eigenvalue weighted by Gasteiger charge is -2.49. The van der Waals surface area contributed by atoms with Gasteiger partial charge in [-0.2, -0.15) is 0 Å². The summed E-state index contributed by atoms with van der Waals surface area (Å²) in [5.41, 5.74) is 0. The molecular formula is C28H50N4O4. The maximum Gasteiger partial charge on any atom is 0.245 e. The van der Waals surface area contributed by atoms with Crippen molar-refractivity contribution in [3.8, 4) is 0 Å². The highest BCUT2D eigenvalue weighted by Crippen LogP contribution is 2.36. The van der Waals surface area contributed by atoms with Crippen LogP contribution in [-0.4, -0.2) is 103 Å². The number of piperazine rings is 1. The summed E-state index contributed by atoms with van der Waals surface area (Å²) in [6, 6.07) is -0.579. The number of nitrogens with one attached hydrogen (secondary N) is 1. The smallest absolute Gasteiger partial charge is 0.245 e. The van der Waals surface area contributed by atoms with Crippen LogP contribution < -0.4 is 5.32 Å². The molecule has 4 heterocycles. The molecule has 3 atom stereocenters. The van der Waals surface area contributed by atoms with Crippen LogP contribution in [0.15, 0.2) is 0 Å². The minimum Gasteiger partial charge on any atom is -0.349 e. The Hall–Kier alpha value is -1.22. The van der Waals surface area contributed by atoms with E-state index in [0.717, 1.165) is 32.7 Å². The second kappa shape index (κ2) is 12.1. The number of hydrogen-bond donors (Lipinski definition) is 1. The molecule has 4 rings (SSSR count). The maximum atomic E-state index is 14.0. The highest BCUT2D eigenvalue weighted by molar-refractivity contribution is 5.90. The molecule has 0 aromatic rings. The van der Waals surface area contributed by atoms with Crippen molar-refractivity contribution in [1.82, 2.24) is 20.0 Å². The highest BCUT2D eigenvalue weighted by Gasteiger charge is 2.47. The summed E-state index contributed by atoms with van der Waals surface area (Å²) in [5, 5.41) is 3.38. The Morgan fingerprint density at radius 1 is 1.06 bits per heavy atom. The van der Waals surface area contributed by atoms with Gasteiger partial charge in [0.2, 0.25) is 11.8 Å². The Morgan fingerprint density at radius 2 is 1.75 bits per heavy atom. The fourth-order valence-corrected chi connectivity index (χ4v) is 6.55. The first-order valence-electron chi connectivity index (χ1n) is 14.5. The molecule has 4 saturated heterocycles. The predicted octanol–water partition coefficient (Wildman–Crippen LogP) is 2.71. The van der Waals surface area contributed by atoms with Gasteiger partial charge in [0, 0.05) is 51.0 Å². The van der Waals surface area contributed by atoms with E-state index in [1.807, 2.05) is 9.80 Å². The van der Waals surface area contributed by atoms with E-state index >= 15 is 0 Å². The summed E-state index contributed by atoms with van der Waals surface area (Å²) in [6.45, 7) is 17.5. The van der Waals surface area contributed by atoms with Crippen molar-refractivity contribution in [2.45, 2.75) is 97.1 Å². The molecule has 4 aliphatic heterocycles. The second-order valence-electron chi connectivity index (χ2n) is 12.6. The molecule has 4 aliphatic rings. The molecule has 0 aromatic carbocycles. The Morgan fingerprint density at radius 3 is 2.36 bits per heavy atom. The van der Waals surface area contributed by atoms with Crippen LogP contribution in [-0.2, 0) is 19.1 Å². The number of ether oxygens (including phenoxy) is 2. The fraction of sp³-hybridized carbons (Fsp3) is 0.929. The first-order chi connectivity index (χ1) is 17.2. The van der Waals surface area contributed by atoms with Gasteiger partial charge in [0.1, 0.15) is 6.04 Å². The SMILES string of the molecule is CC(C)C[C@@H]1NCCN([C@@H](CC(C)C)C(=O)N2CCC3(C[C@@H]2C)OCC(CN2CCCC2)CO3)C1=O. The van der Waals surface area contributed by atoms with Crippen LogP contribution in [0.4, 0.5) is 0 Å². The number of amides is 2. The van der Waals surface area contributed by atoms with Gasteiger partial charge in [0.15, 0.2) is 5.79 Å². The molecular weight excluding hydrogens is 456 g/mol. The van der Waals surface area contributed by atoms with Crippen LogP contribution in [0.5, 0.6) is 0 Å². The number of carbonyl (C=O) groups excluding carboxylic acids is 2. The Balaban J connectivity index is 1.37. The second-order valence-corrected chi connectivity index (χ2v) is 12.6.